The van der Waals surface area contributed by atoms with E-state index in [-0.39, 0.29) is 6.61 Å². The van der Waals surface area contributed by atoms with Crippen molar-refractivity contribution < 1.29 is 14.3 Å². The van der Waals surface area contributed by atoms with E-state index in [1.54, 1.807) is 7.11 Å². The minimum Gasteiger partial charge on any atom is -0.493 e. The summed E-state index contributed by atoms with van der Waals surface area (Å²) >= 11 is 6.29. The van der Waals surface area contributed by atoms with Gasteiger partial charge in [0.15, 0.2) is 18.1 Å². The molecule has 7 heteroatoms. The Kier molecular flexibility index (Phi) is 8.48. The first kappa shape index (κ1) is 20.8. The highest BCUT2D eigenvalue weighted by Gasteiger charge is 2.19. The molecule has 0 saturated carbocycles. The Morgan fingerprint density at radius 1 is 1.38 bits per heavy atom. The van der Waals surface area contributed by atoms with Gasteiger partial charge in [0.1, 0.15) is 0 Å². The fourth-order valence-corrected chi connectivity index (χ4v) is 3.45. The number of nitrogens with zero attached hydrogens (tertiary/aromatic N) is 1. The number of benzene rings is 1. The Morgan fingerprint density at radius 2 is 2.12 bits per heavy atom. The van der Waals surface area contributed by atoms with E-state index in [1.807, 2.05) is 12.1 Å². The normalized spacial score (nSPS) is 15.8. The maximum atomic E-state index is 10.9. The SMILES string of the molecule is CCCCN1CCC(NCc2cc(Cl)c(OCC(N)=O)c(OC)c2)CC1. The average Bonchev–Trinajstić information content (AvgIpc) is 2.64. The van der Waals surface area contributed by atoms with Crippen LogP contribution in [0.5, 0.6) is 11.5 Å². The summed E-state index contributed by atoms with van der Waals surface area (Å²) in [4.78, 5) is 13.5. The number of methoxy groups -OCH3 is 1. The molecule has 1 aliphatic rings. The summed E-state index contributed by atoms with van der Waals surface area (Å²) in [7, 11) is 1.55. The van der Waals surface area contributed by atoms with Gasteiger partial charge in [-0.25, -0.2) is 0 Å². The minimum absolute atomic E-state index is 0.232. The highest BCUT2D eigenvalue weighted by atomic mass is 35.5. The number of nitrogens with one attached hydrogen (secondary N) is 1. The molecule has 1 fully saturated rings. The molecule has 3 N–H and O–H groups in total. The third-order valence-corrected chi connectivity index (χ3v) is 4.94. The Hall–Kier alpha value is -1.50. The maximum Gasteiger partial charge on any atom is 0.255 e. The predicted molar refractivity (Wildman–Crippen MR) is 104 cm³/mol. The Bertz CT molecular complexity index is 590. The van der Waals surface area contributed by atoms with Crippen molar-refractivity contribution in [2.45, 2.75) is 45.2 Å². The number of halogens is 1. The van der Waals surface area contributed by atoms with Gasteiger partial charge in [0.05, 0.1) is 12.1 Å². The van der Waals surface area contributed by atoms with Crippen LogP contribution in [0, 0.1) is 0 Å². The molecule has 0 aromatic heterocycles. The first-order valence-corrected chi connectivity index (χ1v) is 9.64. The summed E-state index contributed by atoms with van der Waals surface area (Å²) in [6, 6.07) is 4.23. The first-order chi connectivity index (χ1) is 12.5. The summed E-state index contributed by atoms with van der Waals surface area (Å²) < 4.78 is 10.7. The first-order valence-electron chi connectivity index (χ1n) is 9.26. The van der Waals surface area contributed by atoms with E-state index in [9.17, 15) is 4.79 Å². The number of amides is 1. The molecule has 1 aliphatic heterocycles. The summed E-state index contributed by atoms with van der Waals surface area (Å²) in [5.74, 6) is 0.296. The number of piperidine rings is 1. The van der Waals surface area contributed by atoms with Crippen LogP contribution in [0.4, 0.5) is 0 Å². The molecular formula is C19H30ClN3O3. The molecule has 1 aromatic carbocycles. The number of unbranched alkanes of at least 4 members (excludes halogenated alkanes) is 1. The van der Waals surface area contributed by atoms with Gasteiger partial charge >= 0.3 is 0 Å². The minimum atomic E-state index is -0.556. The lowest BCUT2D eigenvalue weighted by Gasteiger charge is -2.32. The smallest absolute Gasteiger partial charge is 0.255 e. The van der Waals surface area contributed by atoms with Crippen LogP contribution in [-0.4, -0.2) is 50.2 Å². The van der Waals surface area contributed by atoms with Gasteiger partial charge in [-0.1, -0.05) is 24.9 Å². The molecule has 2 rings (SSSR count). The molecule has 0 bridgehead atoms. The van der Waals surface area contributed by atoms with Crippen LogP contribution in [0.3, 0.4) is 0 Å². The highest BCUT2D eigenvalue weighted by molar-refractivity contribution is 6.32. The molecule has 0 unspecified atom stereocenters. The fourth-order valence-electron chi connectivity index (χ4n) is 3.16. The molecule has 26 heavy (non-hydrogen) atoms. The number of primary amides is 1. The van der Waals surface area contributed by atoms with Crippen molar-refractivity contribution in [1.29, 1.82) is 0 Å². The Labute approximate surface area is 161 Å². The van der Waals surface area contributed by atoms with Gasteiger partial charge in [-0.3, -0.25) is 4.79 Å². The largest absolute Gasteiger partial charge is 0.493 e. The highest BCUT2D eigenvalue weighted by Crippen LogP contribution is 2.36. The van der Waals surface area contributed by atoms with Crippen molar-refractivity contribution in [2.75, 3.05) is 33.4 Å². The second-order valence-corrected chi connectivity index (χ2v) is 7.12. The van der Waals surface area contributed by atoms with E-state index >= 15 is 0 Å². The molecule has 0 spiro atoms. The van der Waals surface area contributed by atoms with Crippen LogP contribution in [0.2, 0.25) is 5.02 Å². The monoisotopic (exact) mass is 383 g/mol. The third-order valence-electron chi connectivity index (χ3n) is 4.66. The summed E-state index contributed by atoms with van der Waals surface area (Å²) in [6.45, 7) is 6.24. The quantitative estimate of drug-likeness (QED) is 0.649. The van der Waals surface area contributed by atoms with Crippen LogP contribution < -0.4 is 20.5 Å². The van der Waals surface area contributed by atoms with Crippen molar-refractivity contribution in [3.05, 3.63) is 22.7 Å². The van der Waals surface area contributed by atoms with Gasteiger partial charge < -0.3 is 25.4 Å². The lowest BCUT2D eigenvalue weighted by atomic mass is 10.0. The Morgan fingerprint density at radius 3 is 2.73 bits per heavy atom. The average molecular weight is 384 g/mol. The zero-order chi connectivity index (χ0) is 18.9. The van der Waals surface area contributed by atoms with Gasteiger partial charge in [0.2, 0.25) is 0 Å². The number of hydrogen-bond donors (Lipinski definition) is 2. The van der Waals surface area contributed by atoms with E-state index in [0.717, 1.165) is 31.5 Å². The number of hydrogen-bond acceptors (Lipinski definition) is 5. The molecule has 146 valence electrons. The topological polar surface area (TPSA) is 76.8 Å². The predicted octanol–water partition coefficient (Wildman–Crippen LogP) is 2.57. The van der Waals surface area contributed by atoms with Gasteiger partial charge in [-0.15, -0.1) is 0 Å². The van der Waals surface area contributed by atoms with E-state index < -0.39 is 5.91 Å². The number of carbonyl (C=O) groups excluding carboxylic acids is 1. The van der Waals surface area contributed by atoms with E-state index in [2.05, 4.69) is 17.1 Å². The van der Waals surface area contributed by atoms with Crippen LogP contribution in [-0.2, 0) is 11.3 Å². The van der Waals surface area contributed by atoms with Gasteiger partial charge in [-0.05, 0) is 56.6 Å². The number of carbonyl (C=O) groups is 1. The zero-order valence-corrected chi connectivity index (χ0v) is 16.5. The lowest BCUT2D eigenvalue weighted by molar-refractivity contribution is -0.119. The molecule has 0 radical (unpaired) electrons. The van der Waals surface area contributed by atoms with Crippen molar-refractivity contribution in [2.24, 2.45) is 5.73 Å². The van der Waals surface area contributed by atoms with Crippen molar-refractivity contribution in [1.82, 2.24) is 10.2 Å². The summed E-state index contributed by atoms with van der Waals surface area (Å²) in [5.41, 5.74) is 6.14. The standard InChI is InChI=1S/C19H30ClN3O3/c1-3-4-7-23-8-5-15(6-9-23)22-12-14-10-16(20)19(17(11-14)25-2)26-13-18(21)24/h10-11,15,22H,3-9,12-13H2,1-2H3,(H2,21,24). The molecule has 6 nitrogen and oxygen atoms in total. The Balaban J connectivity index is 1.88. The number of rotatable bonds is 10. The second kappa shape index (κ2) is 10.6. The van der Waals surface area contributed by atoms with Crippen molar-refractivity contribution >= 4 is 17.5 Å². The van der Waals surface area contributed by atoms with Crippen molar-refractivity contribution in [3.63, 3.8) is 0 Å². The lowest BCUT2D eigenvalue weighted by Crippen LogP contribution is -2.42. The molecule has 1 heterocycles. The van der Waals surface area contributed by atoms with E-state index in [0.29, 0.717) is 29.1 Å². The molecule has 1 aromatic rings. The van der Waals surface area contributed by atoms with Gasteiger partial charge in [0.25, 0.3) is 5.91 Å². The van der Waals surface area contributed by atoms with Crippen LogP contribution >= 0.6 is 11.6 Å². The number of nitrogens with two attached hydrogens (primary N) is 1. The van der Waals surface area contributed by atoms with Gasteiger partial charge in [0, 0.05) is 12.6 Å². The van der Waals surface area contributed by atoms with Gasteiger partial charge in [-0.2, -0.15) is 0 Å². The summed E-state index contributed by atoms with van der Waals surface area (Å²) in [5, 5.41) is 4.02. The van der Waals surface area contributed by atoms with Crippen LogP contribution in [0.1, 0.15) is 38.2 Å². The van der Waals surface area contributed by atoms with E-state index in [1.165, 1.54) is 19.4 Å². The van der Waals surface area contributed by atoms with Crippen LogP contribution in [0.25, 0.3) is 0 Å². The molecule has 1 amide bonds. The fraction of sp³-hybridized carbons (Fsp3) is 0.632. The second-order valence-electron chi connectivity index (χ2n) is 6.71. The maximum absolute atomic E-state index is 10.9. The molecule has 0 aliphatic carbocycles. The third kappa shape index (κ3) is 6.34. The summed E-state index contributed by atoms with van der Waals surface area (Å²) in [6.07, 6.45) is 4.85. The van der Waals surface area contributed by atoms with Crippen LogP contribution in [0.15, 0.2) is 12.1 Å². The molecule has 1 saturated heterocycles. The molecule has 0 atom stereocenters. The van der Waals surface area contributed by atoms with E-state index in [4.69, 9.17) is 26.8 Å². The number of likely N-dealkylation sites (tertiary alicyclic amines) is 1. The zero-order valence-electron chi connectivity index (χ0n) is 15.7. The van der Waals surface area contributed by atoms with Crippen molar-refractivity contribution in [3.8, 4) is 11.5 Å². The number of ether oxygens (including phenoxy) is 2. The molecular weight excluding hydrogens is 354 g/mol.